The topological polar surface area (TPSA) is 78.4 Å². The van der Waals surface area contributed by atoms with Gasteiger partial charge in [0, 0.05) is 34.6 Å². The van der Waals surface area contributed by atoms with Crippen LogP contribution in [0.4, 0.5) is 17.6 Å². The van der Waals surface area contributed by atoms with Gasteiger partial charge in [-0.05, 0) is 95.3 Å². The van der Waals surface area contributed by atoms with Gasteiger partial charge in [-0.2, -0.15) is 0 Å². The highest BCUT2D eigenvalue weighted by Crippen LogP contribution is 2.50. The summed E-state index contributed by atoms with van der Waals surface area (Å²) in [6, 6.07) is 15.0. The van der Waals surface area contributed by atoms with Crippen molar-refractivity contribution in [2.24, 2.45) is 0 Å². The van der Waals surface area contributed by atoms with E-state index in [1.165, 1.54) is 24.3 Å². The fraction of sp³-hybridized carbons (Fsp3) is 0.520. The van der Waals surface area contributed by atoms with Gasteiger partial charge in [0.05, 0.1) is 35.4 Å². The maximum absolute atomic E-state index is 14.6. The summed E-state index contributed by atoms with van der Waals surface area (Å²) >= 11 is 0. The van der Waals surface area contributed by atoms with E-state index in [1.807, 2.05) is 0 Å². The van der Waals surface area contributed by atoms with Crippen LogP contribution >= 0.6 is 0 Å². The summed E-state index contributed by atoms with van der Waals surface area (Å²) in [5, 5.41) is 0. The van der Waals surface area contributed by atoms with E-state index in [9.17, 15) is 27.2 Å². The molecule has 2 aliphatic carbocycles. The molecule has 12 heteroatoms. The second kappa shape index (κ2) is 20.3. The van der Waals surface area contributed by atoms with Crippen LogP contribution in [-0.4, -0.2) is 38.2 Å². The van der Waals surface area contributed by atoms with E-state index in [-0.39, 0.29) is 34.9 Å². The SMILES string of the molecule is CC(C)[Si](O[C@@H]1CC[C@@H](c2cccc(F)c2F)C(=O)c2cccnc21)(C(C)C)C(C)C.CC(C)[Si](O[C@@H]1CC[C@H](c2cccc(F)c2F)C(=O)c2cccnc21)(C(C)C)C(C)C. The standard InChI is InChI=1S/2C25H33F2NO2Si/c2*1-15(2)31(16(3)4,17(5)6)30-22-13-12-19(18-9-7-11-21(26)23(18)27)25(29)20-10-8-14-28-24(20)22/h2*7-11,14-17,19,22H,12-13H2,1-6H3/t19-,22+;19-,22-/m01/s1. The van der Waals surface area contributed by atoms with Crippen LogP contribution in [0.15, 0.2) is 73.1 Å². The highest BCUT2D eigenvalue weighted by molar-refractivity contribution is 6.78. The Morgan fingerprint density at radius 2 is 0.806 bits per heavy atom. The number of benzene rings is 2. The zero-order valence-corrected chi connectivity index (χ0v) is 40.6. The van der Waals surface area contributed by atoms with Crippen LogP contribution in [0.1, 0.15) is 176 Å². The Kier molecular flexibility index (Phi) is 16.1. The van der Waals surface area contributed by atoms with Crippen molar-refractivity contribution >= 4 is 28.2 Å². The van der Waals surface area contributed by atoms with E-state index in [1.54, 1.807) is 36.7 Å². The molecule has 0 spiro atoms. The summed E-state index contributed by atoms with van der Waals surface area (Å²) in [5.74, 6) is -5.68. The first-order chi connectivity index (χ1) is 29.2. The van der Waals surface area contributed by atoms with Crippen molar-refractivity contribution in [1.82, 2.24) is 9.97 Å². The molecule has 0 amide bonds. The van der Waals surface area contributed by atoms with Crippen LogP contribution in [0.3, 0.4) is 0 Å². The van der Waals surface area contributed by atoms with Crippen molar-refractivity contribution in [3.8, 4) is 0 Å². The lowest BCUT2D eigenvalue weighted by atomic mass is 9.88. The third-order valence-electron chi connectivity index (χ3n) is 13.7. The molecular formula is C50H66F4N2O4Si2. The molecule has 2 aromatic carbocycles. The van der Waals surface area contributed by atoms with Crippen molar-refractivity contribution in [1.29, 1.82) is 0 Å². The van der Waals surface area contributed by atoms with Crippen LogP contribution in [0.25, 0.3) is 0 Å². The molecule has 6 rings (SSSR count). The molecule has 336 valence electrons. The van der Waals surface area contributed by atoms with Gasteiger partial charge in [0.25, 0.3) is 0 Å². The van der Waals surface area contributed by atoms with E-state index in [0.29, 0.717) is 81.4 Å². The summed E-state index contributed by atoms with van der Waals surface area (Å²) in [4.78, 5) is 36.0. The van der Waals surface area contributed by atoms with Crippen LogP contribution in [0, 0.1) is 23.3 Å². The summed E-state index contributed by atoms with van der Waals surface area (Å²) in [5.41, 5.74) is 4.70. The van der Waals surface area contributed by atoms with Gasteiger partial charge in [0.15, 0.2) is 34.8 Å². The smallest absolute Gasteiger partial charge is 0.201 e. The van der Waals surface area contributed by atoms with E-state index < -0.39 is 51.7 Å². The molecule has 0 unspecified atom stereocenters. The molecule has 0 saturated heterocycles. The third-order valence-corrected chi connectivity index (χ3v) is 25.9. The maximum Gasteiger partial charge on any atom is 0.201 e. The minimum Gasteiger partial charge on any atom is -0.408 e. The zero-order chi connectivity index (χ0) is 45.8. The summed E-state index contributed by atoms with van der Waals surface area (Å²) in [7, 11) is -4.47. The molecule has 2 aliphatic rings. The van der Waals surface area contributed by atoms with Gasteiger partial charge in [0.2, 0.25) is 16.6 Å². The molecule has 4 aromatic rings. The van der Waals surface area contributed by atoms with E-state index >= 15 is 0 Å². The normalized spacial score (nSPS) is 19.8. The lowest BCUT2D eigenvalue weighted by molar-refractivity contribution is 0.0946. The molecule has 0 bridgehead atoms. The first-order valence-corrected chi connectivity index (χ1v) is 26.7. The first-order valence-electron chi connectivity index (χ1n) is 22.4. The Morgan fingerprint density at radius 3 is 1.11 bits per heavy atom. The summed E-state index contributed by atoms with van der Waals surface area (Å²) in [6.45, 7) is 26.6. The number of carbonyl (C=O) groups excluding carboxylic acids is 2. The van der Waals surface area contributed by atoms with Crippen LogP contribution in [-0.2, 0) is 8.85 Å². The minimum atomic E-state index is -2.23. The van der Waals surface area contributed by atoms with Gasteiger partial charge in [-0.3, -0.25) is 19.6 Å². The van der Waals surface area contributed by atoms with E-state index in [0.717, 1.165) is 12.1 Å². The highest BCUT2D eigenvalue weighted by atomic mass is 28.4. The van der Waals surface area contributed by atoms with Crippen molar-refractivity contribution in [2.45, 2.75) is 166 Å². The third kappa shape index (κ3) is 9.49. The van der Waals surface area contributed by atoms with Crippen molar-refractivity contribution in [2.75, 3.05) is 0 Å². The molecule has 6 nitrogen and oxygen atoms in total. The maximum atomic E-state index is 14.6. The van der Waals surface area contributed by atoms with Crippen molar-refractivity contribution < 1.29 is 36.0 Å². The number of nitrogens with zero attached hydrogens (tertiary/aromatic N) is 2. The molecule has 0 N–H and O–H groups in total. The quantitative estimate of drug-likeness (QED) is 0.0801. The number of rotatable bonds is 12. The van der Waals surface area contributed by atoms with Gasteiger partial charge < -0.3 is 8.85 Å². The number of carbonyl (C=O) groups is 2. The van der Waals surface area contributed by atoms with Crippen LogP contribution in [0.5, 0.6) is 0 Å². The van der Waals surface area contributed by atoms with E-state index in [2.05, 4.69) is 93.1 Å². The summed E-state index contributed by atoms with van der Waals surface area (Å²) < 4.78 is 71.0. The number of pyridine rings is 2. The fourth-order valence-corrected chi connectivity index (χ4v) is 22.1. The number of Topliss-reactive ketones (excluding diaryl/α,β-unsaturated/α-hetero) is 2. The monoisotopic (exact) mass is 890 g/mol. The minimum absolute atomic E-state index is 0.112. The number of hydrogen-bond acceptors (Lipinski definition) is 6. The molecule has 0 radical (unpaired) electrons. The number of aromatic nitrogens is 2. The Bertz CT molecular complexity index is 2000. The molecule has 0 saturated carbocycles. The average molecular weight is 891 g/mol. The Labute approximate surface area is 368 Å². The molecule has 62 heavy (non-hydrogen) atoms. The fourth-order valence-electron chi connectivity index (χ4n) is 11.0. The molecule has 4 atom stereocenters. The van der Waals surface area contributed by atoms with E-state index in [4.69, 9.17) is 8.85 Å². The number of fused-ring (bicyclic) bond motifs is 2. The molecule has 0 fully saturated rings. The number of ketones is 2. The second-order valence-electron chi connectivity index (χ2n) is 19.0. The van der Waals surface area contributed by atoms with Gasteiger partial charge in [0.1, 0.15) is 0 Å². The predicted molar refractivity (Wildman–Crippen MR) is 244 cm³/mol. The summed E-state index contributed by atoms with van der Waals surface area (Å²) in [6.07, 6.45) is 4.54. The Hall–Kier alpha value is -3.85. The predicted octanol–water partition coefficient (Wildman–Crippen LogP) is 14.7. The molecular weight excluding hydrogens is 825 g/mol. The first kappa shape index (κ1) is 49.2. The van der Waals surface area contributed by atoms with Crippen molar-refractivity contribution in [3.63, 3.8) is 0 Å². The Morgan fingerprint density at radius 1 is 0.484 bits per heavy atom. The lowest BCUT2D eigenvalue weighted by Crippen LogP contribution is -2.48. The average Bonchev–Trinajstić information content (AvgIpc) is 3.44. The van der Waals surface area contributed by atoms with Crippen LogP contribution < -0.4 is 0 Å². The van der Waals surface area contributed by atoms with Gasteiger partial charge >= 0.3 is 0 Å². The largest absolute Gasteiger partial charge is 0.408 e. The van der Waals surface area contributed by atoms with Crippen molar-refractivity contribution in [3.05, 3.63) is 130 Å². The lowest BCUT2D eigenvalue weighted by Gasteiger charge is -2.44. The number of halogens is 4. The zero-order valence-electron chi connectivity index (χ0n) is 38.6. The van der Waals surface area contributed by atoms with Crippen LogP contribution in [0.2, 0.25) is 33.2 Å². The molecule has 2 heterocycles. The molecule has 0 aliphatic heterocycles. The Balaban J connectivity index is 0.000000234. The highest BCUT2D eigenvalue weighted by Gasteiger charge is 2.50. The number of hydrogen-bond donors (Lipinski definition) is 0. The van der Waals surface area contributed by atoms with Gasteiger partial charge in [-0.25, -0.2) is 17.6 Å². The van der Waals surface area contributed by atoms with Gasteiger partial charge in [-0.1, -0.05) is 107 Å². The molecule has 2 aromatic heterocycles. The second-order valence-corrected chi connectivity index (χ2v) is 29.8. The van der Waals surface area contributed by atoms with Gasteiger partial charge in [-0.15, -0.1) is 0 Å².